The van der Waals surface area contributed by atoms with E-state index in [-0.39, 0.29) is 12.2 Å². The lowest BCUT2D eigenvalue weighted by Gasteiger charge is -2.27. The number of carbonyl (C=O) groups is 1. The van der Waals surface area contributed by atoms with Crippen molar-refractivity contribution in [1.82, 2.24) is 4.98 Å². The molecular formula is C20H26N2O3. The highest BCUT2D eigenvalue weighted by atomic mass is 16.5. The van der Waals surface area contributed by atoms with Gasteiger partial charge < -0.3 is 15.2 Å². The van der Waals surface area contributed by atoms with Crippen LogP contribution < -0.4 is 15.2 Å². The van der Waals surface area contributed by atoms with Crippen molar-refractivity contribution in [2.24, 2.45) is 11.7 Å². The molecule has 0 radical (unpaired) electrons. The first-order chi connectivity index (χ1) is 11.9. The van der Waals surface area contributed by atoms with Crippen LogP contribution in [-0.4, -0.2) is 23.1 Å². The standard InChI is InChI=1S/C20H26N2O3/c1-12(2)24-19-11-15-17(10-16(19)20(21)23)22-9-8-18(15)25-14-6-4-13(3)5-7-14/h8-14H,4-7H2,1-3H3,(H2,21,23). The van der Waals surface area contributed by atoms with Crippen LogP contribution in [0.15, 0.2) is 24.4 Å². The topological polar surface area (TPSA) is 74.4 Å². The lowest BCUT2D eigenvalue weighted by molar-refractivity contribution is 0.0994. The summed E-state index contributed by atoms with van der Waals surface area (Å²) < 4.78 is 12.1. The highest BCUT2D eigenvalue weighted by Crippen LogP contribution is 2.34. The number of ether oxygens (including phenoxy) is 2. The summed E-state index contributed by atoms with van der Waals surface area (Å²) in [7, 11) is 0. The number of nitrogens with two attached hydrogens (primary N) is 1. The van der Waals surface area contributed by atoms with Crippen LogP contribution in [0, 0.1) is 5.92 Å². The van der Waals surface area contributed by atoms with Crippen molar-refractivity contribution in [2.45, 2.75) is 58.7 Å². The molecule has 0 saturated heterocycles. The normalized spacial score (nSPS) is 20.6. The SMILES string of the molecule is CC1CCC(Oc2ccnc3cc(C(N)=O)c(OC(C)C)cc23)CC1. The predicted molar refractivity (Wildman–Crippen MR) is 98.1 cm³/mol. The zero-order valence-electron chi connectivity index (χ0n) is 15.1. The zero-order chi connectivity index (χ0) is 18.0. The summed E-state index contributed by atoms with van der Waals surface area (Å²) in [5, 5.41) is 0.849. The van der Waals surface area contributed by atoms with Crippen LogP contribution in [-0.2, 0) is 0 Å². The number of rotatable bonds is 5. The van der Waals surface area contributed by atoms with Crippen LogP contribution in [0.1, 0.15) is 56.8 Å². The Balaban J connectivity index is 1.97. The molecule has 1 aliphatic rings. The van der Waals surface area contributed by atoms with Gasteiger partial charge in [-0.15, -0.1) is 0 Å². The van der Waals surface area contributed by atoms with Crippen molar-refractivity contribution in [2.75, 3.05) is 0 Å². The number of carbonyl (C=O) groups excluding carboxylic acids is 1. The first-order valence-corrected chi connectivity index (χ1v) is 9.00. The second-order valence-electron chi connectivity index (χ2n) is 7.21. The number of amides is 1. The Morgan fingerprint density at radius 1 is 1.20 bits per heavy atom. The molecule has 1 saturated carbocycles. The summed E-state index contributed by atoms with van der Waals surface area (Å²) >= 11 is 0. The molecule has 5 heteroatoms. The molecule has 0 atom stereocenters. The predicted octanol–water partition coefficient (Wildman–Crippen LogP) is 4.08. The third kappa shape index (κ3) is 4.03. The van der Waals surface area contributed by atoms with E-state index < -0.39 is 5.91 Å². The number of fused-ring (bicyclic) bond motifs is 1. The van der Waals surface area contributed by atoms with Gasteiger partial charge in [0.1, 0.15) is 11.5 Å². The van der Waals surface area contributed by atoms with Gasteiger partial charge in [0.25, 0.3) is 5.91 Å². The number of benzene rings is 1. The highest BCUT2D eigenvalue weighted by Gasteiger charge is 2.21. The van der Waals surface area contributed by atoms with Crippen LogP contribution in [0.2, 0.25) is 0 Å². The Bertz CT molecular complexity index is 765. The van der Waals surface area contributed by atoms with E-state index >= 15 is 0 Å². The molecule has 1 aromatic heterocycles. The van der Waals surface area contributed by atoms with E-state index in [0.29, 0.717) is 16.8 Å². The number of hydrogen-bond acceptors (Lipinski definition) is 4. The molecule has 1 aromatic carbocycles. The van der Waals surface area contributed by atoms with Crippen LogP contribution in [0.3, 0.4) is 0 Å². The lowest BCUT2D eigenvalue weighted by atomic mass is 9.89. The summed E-state index contributed by atoms with van der Waals surface area (Å²) in [6.45, 7) is 6.12. The molecule has 134 valence electrons. The van der Waals surface area contributed by atoms with Crippen molar-refractivity contribution in [1.29, 1.82) is 0 Å². The number of aromatic nitrogens is 1. The summed E-state index contributed by atoms with van der Waals surface area (Å²) in [6, 6.07) is 5.39. The van der Waals surface area contributed by atoms with E-state index in [1.807, 2.05) is 26.0 Å². The van der Waals surface area contributed by atoms with Crippen molar-refractivity contribution >= 4 is 16.8 Å². The average Bonchev–Trinajstić information content (AvgIpc) is 2.56. The van der Waals surface area contributed by atoms with E-state index in [9.17, 15) is 4.79 Å². The van der Waals surface area contributed by atoms with E-state index in [2.05, 4.69) is 11.9 Å². The molecule has 25 heavy (non-hydrogen) atoms. The zero-order valence-corrected chi connectivity index (χ0v) is 15.1. The van der Waals surface area contributed by atoms with E-state index in [0.717, 1.165) is 29.9 Å². The summed E-state index contributed by atoms with van der Waals surface area (Å²) in [5.41, 5.74) is 6.54. The molecule has 0 aliphatic heterocycles. The maximum absolute atomic E-state index is 11.8. The van der Waals surface area contributed by atoms with Crippen molar-refractivity contribution in [3.63, 3.8) is 0 Å². The van der Waals surface area contributed by atoms with Gasteiger partial charge in [0, 0.05) is 11.6 Å². The Labute approximate surface area is 148 Å². The fourth-order valence-electron chi connectivity index (χ4n) is 3.32. The van der Waals surface area contributed by atoms with Crippen LogP contribution >= 0.6 is 0 Å². The van der Waals surface area contributed by atoms with Gasteiger partial charge in [-0.1, -0.05) is 6.92 Å². The van der Waals surface area contributed by atoms with Crippen molar-refractivity contribution < 1.29 is 14.3 Å². The Kier molecular flexibility index (Phi) is 5.11. The Morgan fingerprint density at radius 3 is 2.56 bits per heavy atom. The average molecular weight is 342 g/mol. The first kappa shape index (κ1) is 17.5. The number of pyridine rings is 1. The molecule has 1 aliphatic carbocycles. The summed E-state index contributed by atoms with van der Waals surface area (Å²) in [5.74, 6) is 1.52. The summed E-state index contributed by atoms with van der Waals surface area (Å²) in [6.07, 6.45) is 6.40. The summed E-state index contributed by atoms with van der Waals surface area (Å²) in [4.78, 5) is 16.1. The van der Waals surface area contributed by atoms with Gasteiger partial charge in [0.05, 0.1) is 23.3 Å². The molecule has 1 amide bonds. The minimum atomic E-state index is -0.521. The second kappa shape index (κ2) is 7.30. The van der Waals surface area contributed by atoms with Crippen molar-refractivity contribution in [3.8, 4) is 11.5 Å². The van der Waals surface area contributed by atoms with Gasteiger partial charge in [0.15, 0.2) is 0 Å². The molecule has 0 spiro atoms. The Hall–Kier alpha value is -2.30. The van der Waals surface area contributed by atoms with Gasteiger partial charge >= 0.3 is 0 Å². The molecule has 1 heterocycles. The number of nitrogens with zero attached hydrogens (tertiary/aromatic N) is 1. The fraction of sp³-hybridized carbons (Fsp3) is 0.500. The minimum Gasteiger partial charge on any atom is -0.490 e. The largest absolute Gasteiger partial charge is 0.490 e. The van der Waals surface area contributed by atoms with Gasteiger partial charge in [-0.25, -0.2) is 0 Å². The lowest BCUT2D eigenvalue weighted by Crippen LogP contribution is -2.23. The van der Waals surface area contributed by atoms with E-state index in [1.165, 1.54) is 12.8 Å². The maximum atomic E-state index is 11.8. The molecule has 1 fully saturated rings. The first-order valence-electron chi connectivity index (χ1n) is 9.00. The van der Waals surface area contributed by atoms with E-state index in [4.69, 9.17) is 15.2 Å². The van der Waals surface area contributed by atoms with Crippen LogP contribution in [0.25, 0.3) is 10.9 Å². The molecule has 3 rings (SSSR count). The molecule has 0 unspecified atom stereocenters. The molecular weight excluding hydrogens is 316 g/mol. The molecule has 2 aromatic rings. The monoisotopic (exact) mass is 342 g/mol. The second-order valence-corrected chi connectivity index (χ2v) is 7.21. The van der Waals surface area contributed by atoms with Crippen LogP contribution in [0.4, 0.5) is 0 Å². The molecule has 5 nitrogen and oxygen atoms in total. The molecule has 0 bridgehead atoms. The van der Waals surface area contributed by atoms with Crippen molar-refractivity contribution in [3.05, 3.63) is 30.0 Å². The van der Waals surface area contributed by atoms with Gasteiger partial charge in [0.2, 0.25) is 0 Å². The van der Waals surface area contributed by atoms with Gasteiger partial charge in [-0.2, -0.15) is 0 Å². The highest BCUT2D eigenvalue weighted by molar-refractivity contribution is 6.01. The smallest absolute Gasteiger partial charge is 0.252 e. The number of primary amides is 1. The minimum absolute atomic E-state index is 0.0589. The number of hydrogen-bond donors (Lipinski definition) is 1. The van der Waals surface area contributed by atoms with Gasteiger partial charge in [-0.05, 0) is 63.6 Å². The third-order valence-electron chi connectivity index (χ3n) is 4.69. The third-order valence-corrected chi connectivity index (χ3v) is 4.69. The van der Waals surface area contributed by atoms with Gasteiger partial charge in [-0.3, -0.25) is 9.78 Å². The quantitative estimate of drug-likeness (QED) is 0.888. The Morgan fingerprint density at radius 2 is 1.92 bits per heavy atom. The fourth-order valence-corrected chi connectivity index (χ4v) is 3.32. The van der Waals surface area contributed by atoms with Crippen LogP contribution in [0.5, 0.6) is 11.5 Å². The van der Waals surface area contributed by atoms with E-state index in [1.54, 1.807) is 12.3 Å². The molecule has 2 N–H and O–H groups in total. The maximum Gasteiger partial charge on any atom is 0.252 e.